The largest absolute Gasteiger partial charge is 0.481 e. The molecule has 1 unspecified atom stereocenters. The molecule has 8 nitrogen and oxygen atoms in total. The van der Waals surface area contributed by atoms with Crippen molar-refractivity contribution in [3.8, 4) is 11.5 Å². The van der Waals surface area contributed by atoms with Crippen molar-refractivity contribution in [2.75, 3.05) is 6.79 Å². The monoisotopic (exact) mass is 388 g/mol. The first-order chi connectivity index (χ1) is 13.6. The van der Waals surface area contributed by atoms with Gasteiger partial charge in [0.1, 0.15) is 6.29 Å². The number of nitrogens with zero attached hydrogens (tertiary/aromatic N) is 2. The summed E-state index contributed by atoms with van der Waals surface area (Å²) in [6.07, 6.45) is 4.22. The molecule has 1 N–H and O–H groups in total. The van der Waals surface area contributed by atoms with E-state index in [2.05, 4.69) is 10.1 Å². The molecule has 1 aliphatic rings. The van der Waals surface area contributed by atoms with Crippen LogP contribution in [0.5, 0.6) is 11.5 Å². The molecule has 150 valence electrons. The summed E-state index contributed by atoms with van der Waals surface area (Å²) in [5.41, 5.74) is 0.837. The topological polar surface area (TPSA) is 112 Å². The highest BCUT2D eigenvalue weighted by Gasteiger charge is 2.31. The molecule has 0 bridgehead atoms. The number of rotatable bonds is 11. The van der Waals surface area contributed by atoms with Crippen molar-refractivity contribution in [2.24, 2.45) is 0 Å². The Kier molecular flexibility index (Phi) is 6.62. The van der Waals surface area contributed by atoms with Gasteiger partial charge in [0, 0.05) is 24.7 Å². The summed E-state index contributed by atoms with van der Waals surface area (Å²) in [7, 11) is 0. The summed E-state index contributed by atoms with van der Waals surface area (Å²) in [5, 5.41) is 13.5. The Hall–Kier alpha value is -2.90. The smallest absolute Gasteiger partial charge is 0.303 e. The number of aliphatic carboxylic acids is 1. The summed E-state index contributed by atoms with van der Waals surface area (Å²) in [4.78, 5) is 26.4. The van der Waals surface area contributed by atoms with Gasteiger partial charge in [-0.25, -0.2) is 0 Å². The minimum atomic E-state index is -0.894. The number of benzene rings is 1. The number of carbonyl (C=O) groups excluding carboxylic acids is 1. The van der Waals surface area contributed by atoms with Crippen molar-refractivity contribution in [3.05, 3.63) is 35.5 Å². The third kappa shape index (κ3) is 4.68. The molecule has 1 aliphatic heterocycles. The van der Waals surface area contributed by atoms with Crippen LogP contribution in [-0.2, 0) is 16.0 Å². The van der Waals surface area contributed by atoms with Gasteiger partial charge >= 0.3 is 5.97 Å². The van der Waals surface area contributed by atoms with E-state index in [1.807, 2.05) is 19.1 Å². The van der Waals surface area contributed by atoms with E-state index in [0.717, 1.165) is 24.7 Å². The van der Waals surface area contributed by atoms with Crippen molar-refractivity contribution >= 4 is 12.3 Å². The molecular weight excluding hydrogens is 364 g/mol. The van der Waals surface area contributed by atoms with Crippen LogP contribution in [0, 0.1) is 0 Å². The maximum Gasteiger partial charge on any atom is 0.303 e. The predicted molar refractivity (Wildman–Crippen MR) is 98.5 cm³/mol. The molecule has 1 aromatic carbocycles. The number of ether oxygens (including phenoxy) is 2. The molecule has 1 aromatic heterocycles. The summed E-state index contributed by atoms with van der Waals surface area (Å²) >= 11 is 0. The average molecular weight is 388 g/mol. The zero-order valence-electron chi connectivity index (χ0n) is 15.8. The average Bonchev–Trinajstić information content (AvgIpc) is 3.33. The number of unbranched alkanes of at least 4 members (excludes halogenated alkanes) is 2. The van der Waals surface area contributed by atoms with Gasteiger partial charge in [-0.3, -0.25) is 4.79 Å². The van der Waals surface area contributed by atoms with Crippen molar-refractivity contribution in [1.82, 2.24) is 10.1 Å². The minimum Gasteiger partial charge on any atom is -0.481 e. The van der Waals surface area contributed by atoms with Crippen molar-refractivity contribution in [2.45, 2.75) is 57.3 Å². The zero-order valence-corrected chi connectivity index (χ0v) is 15.8. The van der Waals surface area contributed by atoms with E-state index in [1.54, 1.807) is 6.07 Å². The van der Waals surface area contributed by atoms with Gasteiger partial charge in [0.25, 0.3) is 0 Å². The van der Waals surface area contributed by atoms with Gasteiger partial charge in [-0.15, -0.1) is 0 Å². The molecule has 0 saturated heterocycles. The third-order valence-electron chi connectivity index (χ3n) is 4.92. The lowest BCUT2D eigenvalue weighted by molar-refractivity contribution is -0.137. The molecule has 0 amide bonds. The van der Waals surface area contributed by atoms with E-state index in [4.69, 9.17) is 14.0 Å². The van der Waals surface area contributed by atoms with Crippen LogP contribution in [0.4, 0.5) is 0 Å². The molecular formula is C20H24N2O6. The van der Waals surface area contributed by atoms with Gasteiger partial charge in [0.05, 0.1) is 6.42 Å². The van der Waals surface area contributed by atoms with Gasteiger partial charge in [-0.2, -0.15) is 4.98 Å². The second-order valence-electron chi connectivity index (χ2n) is 6.79. The molecule has 2 atom stereocenters. The molecule has 0 fully saturated rings. The molecule has 0 radical (unpaired) electrons. The Morgan fingerprint density at radius 3 is 2.82 bits per heavy atom. The lowest BCUT2D eigenvalue weighted by atomic mass is 9.81. The van der Waals surface area contributed by atoms with E-state index in [0.29, 0.717) is 42.5 Å². The lowest BCUT2D eigenvalue weighted by Gasteiger charge is -2.22. The van der Waals surface area contributed by atoms with E-state index in [1.165, 1.54) is 0 Å². The Morgan fingerprint density at radius 2 is 2.07 bits per heavy atom. The third-order valence-corrected chi connectivity index (χ3v) is 4.92. The van der Waals surface area contributed by atoms with Crippen LogP contribution in [0.2, 0.25) is 0 Å². The van der Waals surface area contributed by atoms with E-state index >= 15 is 0 Å². The van der Waals surface area contributed by atoms with E-state index in [9.17, 15) is 14.7 Å². The van der Waals surface area contributed by atoms with E-state index in [-0.39, 0.29) is 25.0 Å². The van der Waals surface area contributed by atoms with Crippen molar-refractivity contribution < 1.29 is 28.7 Å². The van der Waals surface area contributed by atoms with Crippen LogP contribution in [0.25, 0.3) is 0 Å². The maximum absolute atomic E-state index is 11.5. The Labute approximate surface area is 162 Å². The number of hydrogen-bond donors (Lipinski definition) is 1. The number of aromatic nitrogens is 2. The quantitative estimate of drug-likeness (QED) is 0.460. The van der Waals surface area contributed by atoms with E-state index < -0.39 is 5.97 Å². The second-order valence-corrected chi connectivity index (χ2v) is 6.79. The van der Waals surface area contributed by atoms with Gasteiger partial charge in [0.2, 0.25) is 12.7 Å². The molecule has 28 heavy (non-hydrogen) atoms. The van der Waals surface area contributed by atoms with Crippen LogP contribution in [0.3, 0.4) is 0 Å². The van der Waals surface area contributed by atoms with Crippen LogP contribution >= 0.6 is 0 Å². The molecule has 2 aromatic rings. The van der Waals surface area contributed by atoms with Gasteiger partial charge < -0.3 is 23.9 Å². The number of carboxylic acid groups (broad SMARTS) is 1. The SMILES string of the molecule is CCC(c1nc(CCCCC=O)no1)[C@@H](CC(=O)O)c1ccc2c(c1)OCO2. The first-order valence-electron chi connectivity index (χ1n) is 9.49. The highest BCUT2D eigenvalue weighted by atomic mass is 16.7. The Bertz CT molecular complexity index is 819. The van der Waals surface area contributed by atoms with Crippen LogP contribution < -0.4 is 9.47 Å². The molecule has 0 aliphatic carbocycles. The first kappa shape index (κ1) is 19.9. The number of carbonyl (C=O) groups is 2. The summed E-state index contributed by atoms with van der Waals surface area (Å²) in [6.45, 7) is 2.14. The standard InChI is InChI=1S/C20H24N2O6/c1-2-14(20-21-18(22-28-20)6-4-3-5-9-23)15(11-19(24)25)13-7-8-16-17(10-13)27-12-26-16/h7-10,14-15H,2-6,11-12H2,1H3,(H,24,25)/t14?,15-/m0/s1. The summed E-state index contributed by atoms with van der Waals surface area (Å²) < 4.78 is 16.3. The zero-order chi connectivity index (χ0) is 19.9. The Balaban J connectivity index is 1.81. The molecule has 2 heterocycles. The summed E-state index contributed by atoms with van der Waals surface area (Å²) in [5.74, 6) is 0.837. The Morgan fingerprint density at radius 1 is 1.25 bits per heavy atom. The summed E-state index contributed by atoms with van der Waals surface area (Å²) in [6, 6.07) is 5.49. The fraction of sp³-hybridized carbons (Fsp3) is 0.500. The number of aryl methyl sites for hydroxylation is 1. The van der Waals surface area contributed by atoms with Gasteiger partial charge in [-0.05, 0) is 37.0 Å². The van der Waals surface area contributed by atoms with Crippen LogP contribution in [0.15, 0.2) is 22.7 Å². The molecule has 8 heteroatoms. The maximum atomic E-state index is 11.5. The first-order valence-corrected chi connectivity index (χ1v) is 9.49. The molecule has 0 saturated carbocycles. The highest BCUT2D eigenvalue weighted by molar-refractivity contribution is 5.68. The molecule has 0 spiro atoms. The van der Waals surface area contributed by atoms with Crippen LogP contribution in [-0.4, -0.2) is 34.3 Å². The number of aldehydes is 1. The van der Waals surface area contributed by atoms with Crippen molar-refractivity contribution in [1.29, 1.82) is 0 Å². The minimum absolute atomic E-state index is 0.0603. The molecule has 3 rings (SSSR count). The predicted octanol–water partition coefficient (Wildman–Crippen LogP) is 3.46. The second kappa shape index (κ2) is 9.34. The van der Waals surface area contributed by atoms with Gasteiger partial charge in [0.15, 0.2) is 17.3 Å². The van der Waals surface area contributed by atoms with Gasteiger partial charge in [-0.1, -0.05) is 18.1 Å². The fourth-order valence-electron chi connectivity index (χ4n) is 3.49. The van der Waals surface area contributed by atoms with Crippen molar-refractivity contribution in [3.63, 3.8) is 0 Å². The van der Waals surface area contributed by atoms with Crippen LogP contribution in [0.1, 0.15) is 68.1 Å². The highest BCUT2D eigenvalue weighted by Crippen LogP contribution is 2.41. The lowest BCUT2D eigenvalue weighted by Crippen LogP contribution is -2.15. The fourth-order valence-corrected chi connectivity index (χ4v) is 3.49. The number of hydrogen-bond acceptors (Lipinski definition) is 7. The number of fused-ring (bicyclic) bond motifs is 1. The normalized spacial score (nSPS) is 14.6. The number of carboxylic acids is 1.